The van der Waals surface area contributed by atoms with Gasteiger partial charge in [0.1, 0.15) is 0 Å². The Hall–Kier alpha value is -0.480. The van der Waals surface area contributed by atoms with Gasteiger partial charge in [0.2, 0.25) is 0 Å². The number of nitrogens with zero attached hydrogens (tertiary/aromatic N) is 1. The van der Waals surface area contributed by atoms with Crippen LogP contribution in [0.25, 0.3) is 0 Å². The first-order chi connectivity index (χ1) is 5.75. The molecule has 4 nitrogen and oxygen atoms in total. The van der Waals surface area contributed by atoms with E-state index >= 15 is 0 Å². The topological polar surface area (TPSA) is 41.6 Å². The molecule has 70 valence electrons. The number of amides is 1. The van der Waals surface area contributed by atoms with Crippen molar-refractivity contribution in [2.75, 3.05) is 25.7 Å². The van der Waals surface area contributed by atoms with E-state index in [0.717, 1.165) is 13.1 Å². The second-order valence-electron chi connectivity index (χ2n) is 2.77. The zero-order valence-corrected chi connectivity index (χ0v) is 7.80. The molecule has 0 bridgehead atoms. The van der Waals surface area contributed by atoms with Crippen LogP contribution >= 0.6 is 11.6 Å². The third kappa shape index (κ3) is 2.25. The van der Waals surface area contributed by atoms with E-state index in [0.29, 0.717) is 6.54 Å². The molecule has 0 radical (unpaired) electrons. The highest BCUT2D eigenvalue weighted by Crippen LogP contribution is 2.04. The molecule has 1 aliphatic heterocycles. The van der Waals surface area contributed by atoms with E-state index in [1.807, 2.05) is 6.92 Å². The molecule has 0 aliphatic carbocycles. The van der Waals surface area contributed by atoms with E-state index in [4.69, 9.17) is 11.6 Å². The van der Waals surface area contributed by atoms with Crippen molar-refractivity contribution in [3.05, 3.63) is 0 Å². The van der Waals surface area contributed by atoms with Gasteiger partial charge in [-0.25, -0.2) is 4.79 Å². The van der Waals surface area contributed by atoms with E-state index < -0.39 is 0 Å². The predicted molar refractivity (Wildman–Crippen MR) is 46.2 cm³/mol. The van der Waals surface area contributed by atoms with Crippen LogP contribution in [0.2, 0.25) is 0 Å². The predicted octanol–water partition coefficient (Wildman–Crippen LogP) is 0.613. The average molecular weight is 193 g/mol. The van der Waals surface area contributed by atoms with Gasteiger partial charge in [-0.3, -0.25) is 0 Å². The molecule has 0 saturated carbocycles. The van der Waals surface area contributed by atoms with Gasteiger partial charge in [0.05, 0.1) is 0 Å². The first kappa shape index (κ1) is 9.61. The van der Waals surface area contributed by atoms with E-state index in [2.05, 4.69) is 10.1 Å². The molecule has 1 fully saturated rings. The molecule has 1 unspecified atom stereocenters. The normalized spacial score (nSPS) is 23.8. The molecule has 1 heterocycles. The van der Waals surface area contributed by atoms with E-state index in [1.54, 1.807) is 4.90 Å². The summed E-state index contributed by atoms with van der Waals surface area (Å²) in [6.45, 7) is 4.30. The van der Waals surface area contributed by atoms with Gasteiger partial charge in [0.25, 0.3) is 0 Å². The summed E-state index contributed by atoms with van der Waals surface area (Å²) in [5, 5.41) is 3.18. The van der Waals surface area contributed by atoms with Crippen LogP contribution in [-0.4, -0.2) is 42.7 Å². The Morgan fingerprint density at radius 3 is 3.17 bits per heavy atom. The maximum atomic E-state index is 11.2. The summed E-state index contributed by atoms with van der Waals surface area (Å²) >= 11 is 5.28. The van der Waals surface area contributed by atoms with Crippen molar-refractivity contribution in [1.82, 2.24) is 10.2 Å². The monoisotopic (exact) mass is 192 g/mol. The van der Waals surface area contributed by atoms with Gasteiger partial charge in [-0.1, -0.05) is 11.6 Å². The minimum atomic E-state index is -0.320. The van der Waals surface area contributed by atoms with E-state index in [1.165, 1.54) is 0 Å². The number of halogens is 1. The van der Waals surface area contributed by atoms with Gasteiger partial charge in [-0.15, -0.1) is 0 Å². The van der Waals surface area contributed by atoms with Gasteiger partial charge in [0, 0.05) is 25.7 Å². The lowest BCUT2D eigenvalue weighted by atomic mass is 10.2. The van der Waals surface area contributed by atoms with Crippen molar-refractivity contribution >= 4 is 17.7 Å². The Morgan fingerprint density at radius 1 is 1.83 bits per heavy atom. The van der Waals surface area contributed by atoms with E-state index in [9.17, 15) is 4.79 Å². The number of carbonyl (C=O) groups is 1. The molecule has 0 aromatic heterocycles. The van der Waals surface area contributed by atoms with Gasteiger partial charge < -0.3 is 15.0 Å². The summed E-state index contributed by atoms with van der Waals surface area (Å²) < 4.78 is 4.68. The number of carbonyl (C=O) groups excluding carboxylic acids is 1. The van der Waals surface area contributed by atoms with Crippen LogP contribution in [0.3, 0.4) is 0 Å². The fraction of sp³-hybridized carbons (Fsp3) is 0.857. The number of piperazine rings is 1. The van der Waals surface area contributed by atoms with Crippen LogP contribution in [-0.2, 0) is 4.74 Å². The van der Waals surface area contributed by atoms with Crippen LogP contribution in [0.5, 0.6) is 0 Å². The summed E-state index contributed by atoms with van der Waals surface area (Å²) in [6.07, 6.45) is -0.320. The number of ether oxygens (including phenoxy) is 1. The molecule has 0 aromatic carbocycles. The van der Waals surface area contributed by atoms with Crippen molar-refractivity contribution in [1.29, 1.82) is 0 Å². The Labute approximate surface area is 76.8 Å². The summed E-state index contributed by atoms with van der Waals surface area (Å²) in [6, 6.07) is 0.115. The van der Waals surface area contributed by atoms with Gasteiger partial charge >= 0.3 is 6.09 Å². The number of hydrogen-bond acceptors (Lipinski definition) is 3. The molecule has 0 aromatic rings. The molecule has 1 aliphatic rings. The largest absolute Gasteiger partial charge is 0.433 e. The Morgan fingerprint density at radius 2 is 2.58 bits per heavy atom. The summed E-state index contributed by atoms with van der Waals surface area (Å²) in [4.78, 5) is 12.9. The minimum Gasteiger partial charge on any atom is -0.433 e. The second-order valence-corrected chi connectivity index (χ2v) is 2.98. The highest BCUT2D eigenvalue weighted by Gasteiger charge is 2.23. The molecular weight excluding hydrogens is 180 g/mol. The maximum Gasteiger partial charge on any atom is 0.411 e. The highest BCUT2D eigenvalue weighted by molar-refractivity contribution is 6.17. The number of nitrogens with one attached hydrogen (secondary N) is 1. The lowest BCUT2D eigenvalue weighted by Gasteiger charge is -2.32. The molecule has 12 heavy (non-hydrogen) atoms. The minimum absolute atomic E-state index is 0.0739. The molecule has 1 amide bonds. The zero-order valence-electron chi connectivity index (χ0n) is 7.05. The van der Waals surface area contributed by atoms with Crippen LogP contribution < -0.4 is 5.32 Å². The van der Waals surface area contributed by atoms with Crippen LogP contribution in [0, 0.1) is 0 Å². The van der Waals surface area contributed by atoms with Crippen LogP contribution in [0.15, 0.2) is 0 Å². The quantitative estimate of drug-likeness (QED) is 0.620. The van der Waals surface area contributed by atoms with Crippen LogP contribution in [0.1, 0.15) is 6.92 Å². The first-order valence-corrected chi connectivity index (χ1v) is 4.49. The molecule has 0 spiro atoms. The summed E-state index contributed by atoms with van der Waals surface area (Å²) in [5.74, 6) is 0. The first-order valence-electron chi connectivity index (χ1n) is 3.95. The second kappa shape index (κ2) is 4.52. The van der Waals surface area contributed by atoms with Gasteiger partial charge in [0.15, 0.2) is 6.07 Å². The van der Waals surface area contributed by atoms with Crippen molar-refractivity contribution in [3.63, 3.8) is 0 Å². The molecule has 1 rings (SSSR count). The number of rotatable bonds is 1. The standard InChI is InChI=1S/C7H13ClN2O2/c1-6-4-9-2-3-10(6)7(11)12-5-8/h6,9H,2-5H2,1H3. The molecule has 5 heteroatoms. The Kier molecular flexibility index (Phi) is 3.62. The van der Waals surface area contributed by atoms with Gasteiger partial charge in [-0.2, -0.15) is 0 Å². The third-order valence-corrected chi connectivity index (χ3v) is 2.02. The maximum absolute atomic E-state index is 11.2. The van der Waals surface area contributed by atoms with Crippen molar-refractivity contribution in [2.24, 2.45) is 0 Å². The van der Waals surface area contributed by atoms with Gasteiger partial charge in [-0.05, 0) is 6.92 Å². The number of alkyl halides is 1. The summed E-state index contributed by atoms with van der Waals surface area (Å²) in [5.41, 5.74) is 0. The molecule has 1 atom stereocenters. The highest BCUT2D eigenvalue weighted by atomic mass is 35.5. The molecular formula is C7H13ClN2O2. The smallest absolute Gasteiger partial charge is 0.411 e. The summed E-state index contributed by atoms with van der Waals surface area (Å²) in [7, 11) is 0. The SMILES string of the molecule is CC1CNCCN1C(=O)OCCl. The molecule has 1 N–H and O–H groups in total. The lowest BCUT2D eigenvalue weighted by Crippen LogP contribution is -2.52. The van der Waals surface area contributed by atoms with E-state index in [-0.39, 0.29) is 18.2 Å². The lowest BCUT2D eigenvalue weighted by molar-refractivity contribution is 0.0941. The van der Waals surface area contributed by atoms with Crippen molar-refractivity contribution < 1.29 is 9.53 Å². The Bertz CT molecular complexity index is 165. The number of hydrogen-bond donors (Lipinski definition) is 1. The zero-order chi connectivity index (χ0) is 8.97. The van der Waals surface area contributed by atoms with Crippen molar-refractivity contribution in [2.45, 2.75) is 13.0 Å². The average Bonchev–Trinajstić information content (AvgIpc) is 2.05. The molecule has 1 saturated heterocycles. The third-order valence-electron chi connectivity index (χ3n) is 1.91. The van der Waals surface area contributed by atoms with Crippen LogP contribution in [0.4, 0.5) is 4.79 Å². The Balaban J connectivity index is 2.42. The van der Waals surface area contributed by atoms with Crippen molar-refractivity contribution in [3.8, 4) is 0 Å². The fourth-order valence-electron chi connectivity index (χ4n) is 1.24. The fourth-order valence-corrected chi connectivity index (χ4v) is 1.34.